The summed E-state index contributed by atoms with van der Waals surface area (Å²) in [7, 11) is 0. The topological polar surface area (TPSA) is 97.3 Å². The number of halogens is 2. The van der Waals surface area contributed by atoms with Crippen molar-refractivity contribution in [3.05, 3.63) is 159 Å². The van der Waals surface area contributed by atoms with Crippen LogP contribution in [0.15, 0.2) is 132 Å². The molecule has 8 rings (SSSR count). The summed E-state index contributed by atoms with van der Waals surface area (Å²) >= 11 is 12.0. The van der Waals surface area contributed by atoms with E-state index in [0.29, 0.717) is 15.9 Å². The molecule has 3 heterocycles. The van der Waals surface area contributed by atoms with Crippen molar-refractivity contribution in [2.45, 2.75) is 13.8 Å². The Morgan fingerprint density at radius 2 is 0.979 bits per heavy atom. The van der Waals surface area contributed by atoms with Crippen molar-refractivity contribution in [1.29, 1.82) is 0 Å². The number of para-hydroxylation sites is 4. The van der Waals surface area contributed by atoms with Crippen molar-refractivity contribution in [2.24, 2.45) is 0 Å². The van der Waals surface area contributed by atoms with E-state index in [0.717, 1.165) is 61.3 Å². The Hall–Kier alpha value is -5.50. The lowest BCUT2D eigenvalue weighted by Gasteiger charge is -2.04. The summed E-state index contributed by atoms with van der Waals surface area (Å²) < 4.78 is 0. The minimum Gasteiger partial charge on any atom is -0.319 e. The molecule has 8 aromatic rings. The lowest BCUT2D eigenvalue weighted by molar-refractivity contribution is 1.10. The lowest BCUT2D eigenvalue weighted by Crippen LogP contribution is -2.11. The summed E-state index contributed by atoms with van der Waals surface area (Å²) in [6, 6.07) is 40.1. The molecule has 0 spiro atoms. The van der Waals surface area contributed by atoms with Gasteiger partial charge >= 0.3 is 0 Å². The average Bonchev–Trinajstić information content (AvgIpc) is 3.10. The largest absolute Gasteiger partial charge is 0.319 e. The Labute approximate surface area is 281 Å². The van der Waals surface area contributed by atoms with E-state index in [2.05, 4.69) is 29.9 Å². The standard InChI is InChI=1S/C14H9ClN2.C14H10N2O.C10H9ClN2/c15-14-13(10-6-2-1-3-7-10)16-11-8-4-5-9-12(11)17-14;17-14-13(10-6-2-1-3-7-10)15-11-8-4-5-9-12(11)16-14;1-6-7(2)13-10-5-8(11)3-4-9(10)12-6/h1-9H;1-9H,(H,16,17);3-5H,1-2H3. The molecule has 0 radical (unpaired) electrons. The molecule has 0 aliphatic heterocycles. The average molecular weight is 656 g/mol. The fourth-order valence-corrected chi connectivity index (χ4v) is 5.19. The molecule has 0 saturated carbocycles. The van der Waals surface area contributed by atoms with Crippen molar-refractivity contribution in [1.82, 2.24) is 29.9 Å². The van der Waals surface area contributed by atoms with Crippen molar-refractivity contribution < 1.29 is 0 Å². The van der Waals surface area contributed by atoms with Gasteiger partial charge in [0.1, 0.15) is 11.4 Å². The number of benzene rings is 5. The van der Waals surface area contributed by atoms with Crippen LogP contribution in [0.2, 0.25) is 10.2 Å². The molecule has 0 aliphatic carbocycles. The lowest BCUT2D eigenvalue weighted by atomic mass is 10.1. The number of hydrogen-bond donors (Lipinski definition) is 1. The van der Waals surface area contributed by atoms with E-state index in [1.165, 1.54) is 0 Å². The van der Waals surface area contributed by atoms with Crippen LogP contribution < -0.4 is 5.56 Å². The zero-order valence-electron chi connectivity index (χ0n) is 25.5. The van der Waals surface area contributed by atoms with Crippen LogP contribution in [0, 0.1) is 13.8 Å². The maximum absolute atomic E-state index is 11.9. The van der Waals surface area contributed by atoms with Crippen molar-refractivity contribution in [3.63, 3.8) is 0 Å². The van der Waals surface area contributed by atoms with E-state index in [-0.39, 0.29) is 5.56 Å². The second-order valence-electron chi connectivity index (χ2n) is 10.5. The first-order valence-electron chi connectivity index (χ1n) is 14.8. The number of fused-ring (bicyclic) bond motifs is 3. The van der Waals surface area contributed by atoms with Crippen LogP contribution in [0.5, 0.6) is 0 Å². The van der Waals surface area contributed by atoms with Gasteiger partial charge in [0, 0.05) is 16.1 Å². The molecular formula is C38H28Cl2N6O. The van der Waals surface area contributed by atoms with Crippen molar-refractivity contribution in [3.8, 4) is 22.5 Å². The third-order valence-electron chi connectivity index (χ3n) is 7.26. The monoisotopic (exact) mass is 654 g/mol. The molecule has 0 bridgehead atoms. The van der Waals surface area contributed by atoms with Crippen LogP contribution in [0.4, 0.5) is 0 Å². The van der Waals surface area contributed by atoms with E-state index >= 15 is 0 Å². The number of nitrogens with one attached hydrogen (secondary N) is 1. The molecule has 9 heteroatoms. The fourth-order valence-electron chi connectivity index (χ4n) is 4.78. The van der Waals surface area contributed by atoms with Gasteiger partial charge in [-0.15, -0.1) is 0 Å². The molecule has 0 amide bonds. The maximum atomic E-state index is 11.9. The highest BCUT2D eigenvalue weighted by Crippen LogP contribution is 2.26. The number of aryl methyl sites for hydroxylation is 2. The number of rotatable bonds is 2. The van der Waals surface area contributed by atoms with Crippen LogP contribution in [0.3, 0.4) is 0 Å². The predicted octanol–water partition coefficient (Wildman–Crippen LogP) is 9.44. The molecule has 0 unspecified atom stereocenters. The summed E-state index contributed by atoms with van der Waals surface area (Å²) in [5.41, 5.74) is 9.75. The van der Waals surface area contributed by atoms with Crippen molar-refractivity contribution in [2.75, 3.05) is 0 Å². The smallest absolute Gasteiger partial charge is 0.274 e. The summed E-state index contributed by atoms with van der Waals surface area (Å²) in [5.74, 6) is 0. The Morgan fingerprint density at radius 3 is 1.64 bits per heavy atom. The molecule has 0 saturated heterocycles. The van der Waals surface area contributed by atoms with Crippen molar-refractivity contribution >= 4 is 56.3 Å². The van der Waals surface area contributed by atoms with Gasteiger partial charge in [-0.2, -0.15) is 0 Å². The van der Waals surface area contributed by atoms with E-state index in [1.54, 1.807) is 0 Å². The zero-order valence-corrected chi connectivity index (χ0v) is 27.0. The molecule has 0 aliphatic rings. The highest BCUT2D eigenvalue weighted by molar-refractivity contribution is 6.32. The maximum Gasteiger partial charge on any atom is 0.274 e. The van der Waals surface area contributed by atoms with Gasteiger partial charge in [-0.3, -0.25) is 4.79 Å². The van der Waals surface area contributed by atoms with Gasteiger partial charge in [-0.25, -0.2) is 24.9 Å². The second-order valence-corrected chi connectivity index (χ2v) is 11.3. The highest BCUT2D eigenvalue weighted by atomic mass is 35.5. The first kappa shape index (κ1) is 31.5. The second kappa shape index (κ2) is 14.3. The molecule has 5 aromatic carbocycles. The molecule has 230 valence electrons. The zero-order chi connectivity index (χ0) is 32.8. The molecular weight excluding hydrogens is 627 g/mol. The summed E-state index contributed by atoms with van der Waals surface area (Å²) in [4.78, 5) is 36.8. The van der Waals surface area contributed by atoms with Crippen LogP contribution >= 0.6 is 23.2 Å². The fraction of sp³-hybridized carbons (Fsp3) is 0.0526. The van der Waals surface area contributed by atoms with Gasteiger partial charge < -0.3 is 4.98 Å². The van der Waals surface area contributed by atoms with E-state index in [1.807, 2.05) is 141 Å². The minimum atomic E-state index is -0.157. The Kier molecular flexibility index (Phi) is 9.57. The first-order chi connectivity index (χ1) is 22.9. The SMILES string of the molecule is Cc1nc2ccc(Cl)cc2nc1C.Clc1nc2ccccc2nc1-c1ccccc1.O=c1[nH]c2ccccc2nc1-c1ccccc1. The normalized spacial score (nSPS) is 10.6. The molecule has 3 aromatic heterocycles. The number of aromatic amines is 1. The van der Waals surface area contributed by atoms with E-state index < -0.39 is 0 Å². The van der Waals surface area contributed by atoms with Gasteiger partial charge in [0.2, 0.25) is 0 Å². The Balaban J connectivity index is 0.000000125. The van der Waals surface area contributed by atoms with Gasteiger partial charge in [-0.05, 0) is 56.3 Å². The predicted molar refractivity (Wildman–Crippen MR) is 192 cm³/mol. The van der Waals surface area contributed by atoms with Gasteiger partial charge in [-0.1, -0.05) is 108 Å². The molecule has 7 nitrogen and oxygen atoms in total. The minimum absolute atomic E-state index is 0.157. The van der Waals surface area contributed by atoms with Gasteiger partial charge in [0.25, 0.3) is 5.56 Å². The number of nitrogens with zero attached hydrogens (tertiary/aromatic N) is 5. The molecule has 0 atom stereocenters. The van der Waals surface area contributed by atoms with Crippen LogP contribution in [-0.2, 0) is 0 Å². The first-order valence-corrected chi connectivity index (χ1v) is 15.5. The van der Waals surface area contributed by atoms with E-state index in [9.17, 15) is 4.79 Å². The van der Waals surface area contributed by atoms with Gasteiger partial charge in [0.15, 0.2) is 5.15 Å². The summed E-state index contributed by atoms with van der Waals surface area (Å²) in [5, 5.41) is 1.14. The summed E-state index contributed by atoms with van der Waals surface area (Å²) in [6.45, 7) is 3.90. The Morgan fingerprint density at radius 1 is 0.489 bits per heavy atom. The van der Waals surface area contributed by atoms with Crippen LogP contribution in [0.25, 0.3) is 55.6 Å². The molecule has 1 N–H and O–H groups in total. The number of H-pyrrole nitrogens is 1. The number of hydrogen-bond acceptors (Lipinski definition) is 6. The van der Waals surface area contributed by atoms with Crippen LogP contribution in [-0.4, -0.2) is 29.9 Å². The number of aromatic nitrogens is 6. The third kappa shape index (κ3) is 7.49. The Bertz CT molecular complexity index is 2380. The third-order valence-corrected chi connectivity index (χ3v) is 7.76. The quantitative estimate of drug-likeness (QED) is 0.199. The summed E-state index contributed by atoms with van der Waals surface area (Å²) in [6.07, 6.45) is 0. The molecule has 0 fully saturated rings. The molecule has 47 heavy (non-hydrogen) atoms. The van der Waals surface area contributed by atoms with Crippen LogP contribution in [0.1, 0.15) is 11.4 Å². The van der Waals surface area contributed by atoms with E-state index in [4.69, 9.17) is 23.2 Å². The van der Waals surface area contributed by atoms with Gasteiger partial charge in [0.05, 0.1) is 44.5 Å². The highest BCUT2D eigenvalue weighted by Gasteiger charge is 2.08.